The van der Waals surface area contributed by atoms with E-state index in [-0.39, 0.29) is 30.9 Å². The van der Waals surface area contributed by atoms with Crippen LogP contribution in [0.2, 0.25) is 0 Å². The van der Waals surface area contributed by atoms with Crippen LogP contribution in [0.25, 0.3) is 0 Å². The zero-order chi connectivity index (χ0) is 16.8. The van der Waals surface area contributed by atoms with Crippen LogP contribution < -0.4 is 15.4 Å². The van der Waals surface area contributed by atoms with Gasteiger partial charge >= 0.3 is 0 Å². The summed E-state index contributed by atoms with van der Waals surface area (Å²) in [6.45, 7) is 0.612. The quantitative estimate of drug-likeness (QED) is 0.637. The zero-order valence-corrected chi connectivity index (χ0v) is 12.9. The summed E-state index contributed by atoms with van der Waals surface area (Å²) in [5.74, 6) is -0.318. The SMILES string of the molecule is O=C1CCC(N2Cc3cc4c(cc3C2=O)NC(CO)CO4)C(=O)N1. The fourth-order valence-electron chi connectivity index (χ4n) is 3.38. The van der Waals surface area contributed by atoms with E-state index in [4.69, 9.17) is 4.74 Å². The normalized spacial score (nSPS) is 25.5. The van der Waals surface area contributed by atoms with Crippen molar-refractivity contribution >= 4 is 23.4 Å². The van der Waals surface area contributed by atoms with Crippen molar-refractivity contribution in [3.8, 4) is 5.75 Å². The summed E-state index contributed by atoms with van der Waals surface area (Å²) in [7, 11) is 0. The molecule has 1 saturated heterocycles. The summed E-state index contributed by atoms with van der Waals surface area (Å²) in [4.78, 5) is 37.5. The number of carbonyl (C=O) groups excluding carboxylic acids is 3. The number of piperidine rings is 1. The van der Waals surface area contributed by atoms with Gasteiger partial charge in [-0.3, -0.25) is 19.7 Å². The number of rotatable bonds is 2. The van der Waals surface area contributed by atoms with Gasteiger partial charge in [0, 0.05) is 18.5 Å². The Morgan fingerprint density at radius 2 is 2.12 bits per heavy atom. The molecule has 3 aliphatic heterocycles. The van der Waals surface area contributed by atoms with Crippen molar-refractivity contribution in [1.29, 1.82) is 0 Å². The predicted molar refractivity (Wildman–Crippen MR) is 82.5 cm³/mol. The molecule has 2 atom stereocenters. The number of fused-ring (bicyclic) bond motifs is 2. The number of hydrogen-bond acceptors (Lipinski definition) is 6. The molecule has 3 heterocycles. The van der Waals surface area contributed by atoms with E-state index in [0.717, 1.165) is 5.56 Å². The molecule has 24 heavy (non-hydrogen) atoms. The number of benzene rings is 1. The van der Waals surface area contributed by atoms with E-state index in [2.05, 4.69) is 10.6 Å². The molecule has 0 bridgehead atoms. The van der Waals surface area contributed by atoms with E-state index < -0.39 is 11.9 Å². The van der Waals surface area contributed by atoms with Gasteiger partial charge in [0.1, 0.15) is 18.4 Å². The van der Waals surface area contributed by atoms with Gasteiger partial charge in [-0.25, -0.2) is 0 Å². The molecule has 4 rings (SSSR count). The van der Waals surface area contributed by atoms with Crippen LogP contribution in [0.3, 0.4) is 0 Å². The average Bonchev–Trinajstić information content (AvgIpc) is 2.88. The Kier molecular flexibility index (Phi) is 3.42. The second kappa shape index (κ2) is 5.48. The first-order valence-corrected chi connectivity index (χ1v) is 7.88. The van der Waals surface area contributed by atoms with Gasteiger partial charge in [0.2, 0.25) is 11.8 Å². The van der Waals surface area contributed by atoms with Crippen molar-refractivity contribution in [3.63, 3.8) is 0 Å². The molecule has 1 aromatic rings. The summed E-state index contributed by atoms with van der Waals surface area (Å²) in [6, 6.07) is 2.67. The Bertz CT molecular complexity index is 747. The number of imide groups is 1. The first-order valence-electron chi connectivity index (χ1n) is 7.88. The zero-order valence-electron chi connectivity index (χ0n) is 12.9. The molecule has 3 N–H and O–H groups in total. The number of ether oxygens (including phenoxy) is 1. The molecule has 0 aromatic heterocycles. The van der Waals surface area contributed by atoms with Gasteiger partial charge in [-0.05, 0) is 24.1 Å². The fraction of sp³-hybridized carbons (Fsp3) is 0.438. The van der Waals surface area contributed by atoms with Crippen LogP contribution in [0.4, 0.5) is 5.69 Å². The van der Waals surface area contributed by atoms with Crippen molar-refractivity contribution in [2.75, 3.05) is 18.5 Å². The minimum Gasteiger partial charge on any atom is -0.489 e. The molecule has 1 aromatic carbocycles. The summed E-state index contributed by atoms with van der Waals surface area (Å²) in [5.41, 5.74) is 1.98. The highest BCUT2D eigenvalue weighted by Gasteiger charge is 2.40. The van der Waals surface area contributed by atoms with Crippen molar-refractivity contribution in [3.05, 3.63) is 23.3 Å². The number of aliphatic hydroxyl groups is 1. The van der Waals surface area contributed by atoms with Gasteiger partial charge in [-0.1, -0.05) is 0 Å². The molecule has 3 aliphatic rings. The monoisotopic (exact) mass is 331 g/mol. The molecule has 1 fully saturated rings. The van der Waals surface area contributed by atoms with E-state index in [1.807, 2.05) is 0 Å². The standard InChI is InChI=1S/C16H17N3O5/c20-6-9-7-24-13-3-8-5-19(12-1-2-14(21)18-15(12)22)16(23)10(8)4-11(13)17-9/h3-4,9,12,17,20H,1-2,5-7H2,(H,18,21,22). The summed E-state index contributed by atoms with van der Waals surface area (Å²) in [6.07, 6.45) is 0.571. The second-order valence-corrected chi connectivity index (χ2v) is 6.24. The third-order valence-corrected chi connectivity index (χ3v) is 4.64. The highest BCUT2D eigenvalue weighted by molar-refractivity contribution is 6.06. The molecule has 2 unspecified atom stereocenters. The highest BCUT2D eigenvalue weighted by Crippen LogP contribution is 2.37. The Hall–Kier alpha value is -2.61. The van der Waals surface area contributed by atoms with E-state index in [9.17, 15) is 19.5 Å². The molecule has 0 spiro atoms. The van der Waals surface area contributed by atoms with Crippen LogP contribution in [0.1, 0.15) is 28.8 Å². The Balaban J connectivity index is 1.61. The first kappa shape index (κ1) is 14.9. The van der Waals surface area contributed by atoms with Crippen LogP contribution in [-0.4, -0.2) is 53.0 Å². The van der Waals surface area contributed by atoms with E-state index in [0.29, 0.717) is 36.6 Å². The molecule has 126 valence electrons. The molecule has 0 aliphatic carbocycles. The van der Waals surface area contributed by atoms with Crippen molar-refractivity contribution in [2.24, 2.45) is 0 Å². The minimum absolute atomic E-state index is 0.0626. The van der Waals surface area contributed by atoms with E-state index >= 15 is 0 Å². The lowest BCUT2D eigenvalue weighted by molar-refractivity contribution is -0.136. The maximum absolute atomic E-state index is 12.7. The van der Waals surface area contributed by atoms with Gasteiger partial charge < -0.3 is 20.1 Å². The van der Waals surface area contributed by atoms with Crippen molar-refractivity contribution < 1.29 is 24.2 Å². The van der Waals surface area contributed by atoms with Gasteiger partial charge in [0.05, 0.1) is 18.3 Å². The topological polar surface area (TPSA) is 108 Å². The van der Waals surface area contributed by atoms with Gasteiger partial charge in [-0.2, -0.15) is 0 Å². The number of amides is 3. The van der Waals surface area contributed by atoms with Crippen LogP contribution in [-0.2, 0) is 16.1 Å². The lowest BCUT2D eigenvalue weighted by atomic mass is 10.0. The number of nitrogens with zero attached hydrogens (tertiary/aromatic N) is 1. The van der Waals surface area contributed by atoms with Gasteiger partial charge in [-0.15, -0.1) is 0 Å². The lowest BCUT2D eigenvalue weighted by Crippen LogP contribution is -2.52. The van der Waals surface area contributed by atoms with Gasteiger partial charge in [0.15, 0.2) is 0 Å². The van der Waals surface area contributed by atoms with Crippen LogP contribution in [0.15, 0.2) is 12.1 Å². The van der Waals surface area contributed by atoms with Crippen LogP contribution in [0.5, 0.6) is 5.75 Å². The summed E-state index contributed by atoms with van der Waals surface area (Å²) in [5, 5.41) is 14.7. The third kappa shape index (κ3) is 2.30. The largest absolute Gasteiger partial charge is 0.489 e. The minimum atomic E-state index is -0.626. The molecular formula is C16H17N3O5. The molecule has 0 saturated carbocycles. The predicted octanol–water partition coefficient (Wildman–Crippen LogP) is -0.387. The molecule has 8 nitrogen and oxygen atoms in total. The number of anilines is 1. The number of nitrogens with one attached hydrogen (secondary N) is 2. The molecule has 8 heteroatoms. The fourth-order valence-corrected chi connectivity index (χ4v) is 3.38. The first-order chi connectivity index (χ1) is 11.6. The van der Waals surface area contributed by atoms with Crippen LogP contribution >= 0.6 is 0 Å². The smallest absolute Gasteiger partial charge is 0.255 e. The van der Waals surface area contributed by atoms with Crippen molar-refractivity contribution in [2.45, 2.75) is 31.5 Å². The van der Waals surface area contributed by atoms with E-state index in [1.54, 1.807) is 12.1 Å². The Labute approximate surface area is 137 Å². The van der Waals surface area contributed by atoms with Gasteiger partial charge in [0.25, 0.3) is 5.91 Å². The summed E-state index contributed by atoms with van der Waals surface area (Å²) >= 11 is 0. The second-order valence-electron chi connectivity index (χ2n) is 6.24. The number of aliphatic hydroxyl groups excluding tert-OH is 1. The van der Waals surface area contributed by atoms with E-state index in [1.165, 1.54) is 4.90 Å². The average molecular weight is 331 g/mol. The Morgan fingerprint density at radius 3 is 2.88 bits per heavy atom. The summed E-state index contributed by atoms with van der Waals surface area (Å²) < 4.78 is 5.63. The molecule has 3 amide bonds. The molecular weight excluding hydrogens is 314 g/mol. The van der Waals surface area contributed by atoms with Crippen LogP contribution in [0, 0.1) is 0 Å². The maximum Gasteiger partial charge on any atom is 0.255 e. The lowest BCUT2D eigenvalue weighted by Gasteiger charge is -2.29. The third-order valence-electron chi connectivity index (χ3n) is 4.64. The number of carbonyl (C=O) groups is 3. The highest BCUT2D eigenvalue weighted by atomic mass is 16.5. The Morgan fingerprint density at radius 1 is 1.29 bits per heavy atom. The maximum atomic E-state index is 12.7. The van der Waals surface area contributed by atoms with Crippen molar-refractivity contribution in [1.82, 2.24) is 10.2 Å². The number of hydrogen-bond donors (Lipinski definition) is 3. The molecule has 0 radical (unpaired) electrons.